The molecule has 0 aliphatic heterocycles. The van der Waals surface area contributed by atoms with E-state index in [-0.39, 0.29) is 5.96 Å². The van der Waals surface area contributed by atoms with Crippen molar-refractivity contribution in [3.05, 3.63) is 52.3 Å². The highest BCUT2D eigenvalue weighted by atomic mass is 19.1. The molecule has 1 aromatic heterocycles. The van der Waals surface area contributed by atoms with Crippen LogP contribution in [0.3, 0.4) is 0 Å². The van der Waals surface area contributed by atoms with Gasteiger partial charge in [-0.3, -0.25) is 5.41 Å². The van der Waals surface area contributed by atoms with Crippen molar-refractivity contribution in [1.82, 2.24) is 9.55 Å². The number of anilines is 1. The standard InChI is InChI=1S/C11H12FN5.HNO3/c1-7-5-17(6-15-7)10-3-2-8(4-9(10)12)16-11(13)14;2-1(3)4/h2-6H,1H3,(H4,13,14,16);(H,2,3,4). The minimum absolute atomic E-state index is 0.226. The van der Waals surface area contributed by atoms with Crippen molar-refractivity contribution in [2.75, 3.05) is 5.32 Å². The smallest absolute Gasteiger partial charge is 0.291 e. The predicted molar refractivity (Wildman–Crippen MR) is 72.6 cm³/mol. The molecule has 0 saturated carbocycles. The molecule has 1 aromatic carbocycles. The van der Waals surface area contributed by atoms with Crippen molar-refractivity contribution in [3.8, 4) is 5.69 Å². The summed E-state index contributed by atoms with van der Waals surface area (Å²) in [5.74, 6) is -0.635. The Kier molecular flexibility index (Phi) is 5.17. The lowest BCUT2D eigenvalue weighted by Gasteiger charge is -2.07. The van der Waals surface area contributed by atoms with Gasteiger partial charge in [0.1, 0.15) is 5.82 Å². The third kappa shape index (κ3) is 5.14. The van der Waals surface area contributed by atoms with Crippen LogP contribution < -0.4 is 11.1 Å². The molecule has 112 valence electrons. The Bertz CT molecular complexity index is 653. The summed E-state index contributed by atoms with van der Waals surface area (Å²) < 4.78 is 15.4. The third-order valence-electron chi connectivity index (χ3n) is 2.22. The second kappa shape index (κ2) is 6.84. The molecular weight excluding hydrogens is 283 g/mol. The predicted octanol–water partition coefficient (Wildman–Crippen LogP) is 1.28. The molecule has 0 unspecified atom stereocenters. The Hall–Kier alpha value is -3.17. The quantitative estimate of drug-likeness (QED) is 0.284. The summed E-state index contributed by atoms with van der Waals surface area (Å²) in [4.78, 5) is 12.4. The van der Waals surface area contributed by atoms with Gasteiger partial charge in [-0.15, -0.1) is 10.1 Å². The molecule has 2 aromatic rings. The molecule has 0 fully saturated rings. The summed E-state index contributed by atoms with van der Waals surface area (Å²) in [5, 5.41) is 23.2. The van der Waals surface area contributed by atoms with Crippen LogP contribution >= 0.6 is 0 Å². The van der Waals surface area contributed by atoms with Crippen LogP contribution in [0, 0.1) is 28.3 Å². The Morgan fingerprint density at radius 1 is 1.62 bits per heavy atom. The fourth-order valence-corrected chi connectivity index (χ4v) is 1.50. The lowest BCUT2D eigenvalue weighted by molar-refractivity contribution is -0.742. The number of benzene rings is 1. The van der Waals surface area contributed by atoms with Crippen LogP contribution in [-0.2, 0) is 0 Å². The topological polar surface area (TPSA) is 143 Å². The highest BCUT2D eigenvalue weighted by Crippen LogP contribution is 2.18. The van der Waals surface area contributed by atoms with E-state index >= 15 is 0 Å². The van der Waals surface area contributed by atoms with Crippen LogP contribution in [0.15, 0.2) is 30.7 Å². The number of hydrogen-bond acceptors (Lipinski definition) is 4. The number of nitrogens with zero attached hydrogens (tertiary/aromatic N) is 3. The first-order valence-electron chi connectivity index (χ1n) is 5.54. The van der Waals surface area contributed by atoms with Gasteiger partial charge >= 0.3 is 0 Å². The molecule has 0 atom stereocenters. The van der Waals surface area contributed by atoms with Crippen molar-refractivity contribution in [2.45, 2.75) is 6.92 Å². The molecule has 0 bridgehead atoms. The highest BCUT2D eigenvalue weighted by Gasteiger charge is 2.06. The number of guanidine groups is 1. The number of halogens is 1. The second-order valence-electron chi connectivity index (χ2n) is 3.87. The number of imidazole rings is 1. The van der Waals surface area contributed by atoms with Gasteiger partial charge in [0.15, 0.2) is 5.96 Å². The number of nitrogens with two attached hydrogens (primary N) is 1. The first kappa shape index (κ1) is 15.9. The summed E-state index contributed by atoms with van der Waals surface area (Å²) in [7, 11) is 0. The molecule has 9 nitrogen and oxygen atoms in total. The van der Waals surface area contributed by atoms with Crippen LogP contribution in [-0.4, -0.2) is 25.8 Å². The van der Waals surface area contributed by atoms with Crippen LogP contribution in [0.5, 0.6) is 0 Å². The average Bonchev–Trinajstić information content (AvgIpc) is 2.74. The van der Waals surface area contributed by atoms with Gasteiger partial charge in [0.2, 0.25) is 0 Å². The van der Waals surface area contributed by atoms with Gasteiger partial charge in [-0.2, -0.15) is 0 Å². The Balaban J connectivity index is 0.000000491. The zero-order valence-corrected chi connectivity index (χ0v) is 10.9. The summed E-state index contributed by atoms with van der Waals surface area (Å²) in [6, 6.07) is 4.53. The van der Waals surface area contributed by atoms with Crippen LogP contribution in [0.1, 0.15) is 5.69 Å². The van der Waals surface area contributed by atoms with E-state index in [4.69, 9.17) is 26.5 Å². The van der Waals surface area contributed by atoms with Gasteiger partial charge in [-0.1, -0.05) is 0 Å². The maximum atomic E-state index is 13.8. The maximum absolute atomic E-state index is 13.8. The zero-order valence-electron chi connectivity index (χ0n) is 10.9. The average molecular weight is 296 g/mol. The van der Waals surface area contributed by atoms with E-state index in [9.17, 15) is 4.39 Å². The summed E-state index contributed by atoms with van der Waals surface area (Å²) in [6.45, 7) is 1.83. The minimum Gasteiger partial charge on any atom is -0.370 e. The van der Waals surface area contributed by atoms with Crippen molar-refractivity contribution >= 4 is 11.6 Å². The highest BCUT2D eigenvalue weighted by molar-refractivity contribution is 5.89. The lowest BCUT2D eigenvalue weighted by atomic mass is 10.2. The molecule has 2 rings (SSSR count). The number of nitrogens with one attached hydrogen (secondary N) is 2. The van der Waals surface area contributed by atoms with Gasteiger partial charge in [0.05, 0.1) is 17.7 Å². The number of hydrogen-bond donors (Lipinski definition) is 4. The van der Waals surface area contributed by atoms with E-state index in [1.807, 2.05) is 6.92 Å². The van der Waals surface area contributed by atoms with Crippen molar-refractivity contribution in [3.63, 3.8) is 0 Å². The van der Waals surface area contributed by atoms with Gasteiger partial charge < -0.3 is 20.8 Å². The van der Waals surface area contributed by atoms with E-state index in [2.05, 4.69) is 10.3 Å². The number of rotatable bonds is 2. The molecule has 0 spiro atoms. The zero-order chi connectivity index (χ0) is 16.0. The third-order valence-corrected chi connectivity index (χ3v) is 2.22. The molecule has 0 amide bonds. The summed E-state index contributed by atoms with van der Waals surface area (Å²) in [6.07, 6.45) is 3.28. The fourth-order valence-electron chi connectivity index (χ4n) is 1.50. The van der Waals surface area contributed by atoms with E-state index in [1.165, 1.54) is 6.07 Å². The Morgan fingerprint density at radius 3 is 2.67 bits per heavy atom. The van der Waals surface area contributed by atoms with E-state index < -0.39 is 10.9 Å². The second-order valence-corrected chi connectivity index (χ2v) is 3.87. The first-order valence-corrected chi connectivity index (χ1v) is 5.54. The monoisotopic (exact) mass is 296 g/mol. The maximum Gasteiger partial charge on any atom is 0.291 e. The molecule has 0 radical (unpaired) electrons. The van der Waals surface area contributed by atoms with E-state index in [0.717, 1.165) is 5.69 Å². The molecule has 10 heteroatoms. The van der Waals surface area contributed by atoms with Crippen molar-refractivity contribution in [1.29, 1.82) is 5.41 Å². The lowest BCUT2D eigenvalue weighted by Crippen LogP contribution is -2.20. The number of aromatic nitrogens is 2. The van der Waals surface area contributed by atoms with E-state index in [1.54, 1.807) is 29.2 Å². The molecule has 0 saturated heterocycles. The molecular formula is C11H13FN6O3. The van der Waals surface area contributed by atoms with Gasteiger partial charge in [-0.05, 0) is 25.1 Å². The SMILES string of the molecule is Cc1cn(-c2ccc(NC(=N)N)cc2F)cn1.O=[N+]([O-])O. The van der Waals surface area contributed by atoms with Crippen molar-refractivity contribution < 1.29 is 14.7 Å². The van der Waals surface area contributed by atoms with Crippen molar-refractivity contribution in [2.24, 2.45) is 5.73 Å². The largest absolute Gasteiger partial charge is 0.370 e. The number of aryl methyl sites for hydroxylation is 1. The molecule has 0 aliphatic rings. The Morgan fingerprint density at radius 2 is 2.24 bits per heavy atom. The van der Waals surface area contributed by atoms with Crippen LogP contribution in [0.4, 0.5) is 10.1 Å². The van der Waals surface area contributed by atoms with Gasteiger partial charge in [0.25, 0.3) is 5.09 Å². The van der Waals surface area contributed by atoms with Gasteiger partial charge in [0, 0.05) is 11.9 Å². The van der Waals surface area contributed by atoms with Crippen LogP contribution in [0.25, 0.3) is 5.69 Å². The molecule has 21 heavy (non-hydrogen) atoms. The molecule has 5 N–H and O–H groups in total. The normalized spacial score (nSPS) is 9.43. The molecule has 1 heterocycles. The minimum atomic E-state index is -1.50. The van der Waals surface area contributed by atoms with Gasteiger partial charge in [-0.25, -0.2) is 9.37 Å². The van der Waals surface area contributed by atoms with E-state index in [0.29, 0.717) is 11.4 Å². The summed E-state index contributed by atoms with van der Waals surface area (Å²) >= 11 is 0. The Labute approximate surface area is 118 Å². The van der Waals surface area contributed by atoms with Crippen LogP contribution in [0.2, 0.25) is 0 Å². The fraction of sp³-hybridized carbons (Fsp3) is 0.0909. The summed E-state index contributed by atoms with van der Waals surface area (Å²) in [5.41, 5.74) is 6.82. The first-order chi connectivity index (χ1) is 9.79. The molecule has 0 aliphatic carbocycles.